The molecule has 0 aliphatic rings. The Bertz CT molecular complexity index is 295. The highest BCUT2D eigenvalue weighted by Gasteiger charge is 2.02. The topological polar surface area (TPSA) is 18.5 Å². The molecule has 0 aliphatic carbocycles. The fourth-order valence-electron chi connectivity index (χ4n) is 1.27. The molecule has 1 atom stereocenters. The Morgan fingerprint density at radius 3 is 2.60 bits per heavy atom. The molecular weight excluding hydrogens is 204 g/mol. The molecule has 0 saturated carbocycles. The predicted molar refractivity (Wildman–Crippen MR) is 66.3 cm³/mol. The van der Waals surface area contributed by atoms with Gasteiger partial charge in [-0.05, 0) is 18.1 Å². The zero-order valence-electron chi connectivity index (χ0n) is 9.40. The quantitative estimate of drug-likeness (QED) is 0.685. The third-order valence-corrected chi connectivity index (χ3v) is 3.19. The van der Waals surface area contributed by atoms with Gasteiger partial charge < -0.3 is 9.16 Å². The molecule has 0 amide bonds. The summed E-state index contributed by atoms with van der Waals surface area (Å²) in [6, 6.07) is 8.23. The minimum Gasteiger partial charge on any atom is -0.425 e. The van der Waals surface area contributed by atoms with E-state index < -0.39 is 9.76 Å². The Morgan fingerprint density at radius 1 is 1.40 bits per heavy atom. The minimum absolute atomic E-state index is 0.272. The van der Waals surface area contributed by atoms with Crippen molar-refractivity contribution < 1.29 is 9.16 Å². The van der Waals surface area contributed by atoms with Crippen molar-refractivity contribution in [2.24, 2.45) is 0 Å². The Kier molecular flexibility index (Phi) is 5.32. The molecule has 1 aromatic rings. The van der Waals surface area contributed by atoms with Crippen LogP contribution in [0.3, 0.4) is 0 Å². The van der Waals surface area contributed by atoms with Gasteiger partial charge in [0.25, 0.3) is 0 Å². The minimum atomic E-state index is -0.520. The van der Waals surface area contributed by atoms with E-state index in [1.807, 2.05) is 18.2 Å². The van der Waals surface area contributed by atoms with Crippen molar-refractivity contribution in [1.29, 1.82) is 0 Å². The summed E-state index contributed by atoms with van der Waals surface area (Å²) in [6.07, 6.45) is 1.84. The van der Waals surface area contributed by atoms with Crippen LogP contribution >= 0.6 is 0 Å². The predicted octanol–water partition coefficient (Wildman–Crippen LogP) is 1.92. The number of benzene rings is 1. The Hall–Kier alpha value is -0.903. The zero-order valence-corrected chi connectivity index (χ0v) is 10.8. The Labute approximate surface area is 93.9 Å². The summed E-state index contributed by atoms with van der Waals surface area (Å²) in [4.78, 5) is 0. The highest BCUT2D eigenvalue weighted by Crippen LogP contribution is 2.07. The molecule has 0 saturated heterocycles. The van der Waals surface area contributed by atoms with Crippen molar-refractivity contribution >= 4 is 15.8 Å². The summed E-state index contributed by atoms with van der Waals surface area (Å²) in [6.45, 7) is 6.44. The van der Waals surface area contributed by atoms with E-state index in [0.29, 0.717) is 6.61 Å². The largest absolute Gasteiger partial charge is 0.425 e. The number of ether oxygens (including phenoxy) is 1. The molecule has 15 heavy (non-hydrogen) atoms. The molecule has 0 aromatic heterocycles. The van der Waals surface area contributed by atoms with Crippen LogP contribution in [0.4, 0.5) is 0 Å². The van der Waals surface area contributed by atoms with E-state index in [0.717, 1.165) is 5.56 Å². The number of rotatable bonds is 6. The molecule has 0 spiro atoms. The summed E-state index contributed by atoms with van der Waals surface area (Å²) in [5.41, 5.74) is 2.60. The van der Waals surface area contributed by atoms with E-state index in [9.17, 15) is 0 Å². The first-order valence-electron chi connectivity index (χ1n) is 5.08. The molecule has 1 rings (SSSR count). The summed E-state index contributed by atoms with van der Waals surface area (Å²) in [5.74, 6) is 0. The van der Waals surface area contributed by atoms with Crippen LogP contribution in [-0.2, 0) is 15.8 Å². The second-order valence-electron chi connectivity index (χ2n) is 3.52. The van der Waals surface area contributed by atoms with Crippen molar-refractivity contribution in [2.45, 2.75) is 19.3 Å². The monoisotopic (exact) mass is 222 g/mol. The van der Waals surface area contributed by atoms with Crippen molar-refractivity contribution in [2.75, 3.05) is 7.11 Å². The smallest absolute Gasteiger partial charge is 0.189 e. The average Bonchev–Trinajstić information content (AvgIpc) is 2.27. The van der Waals surface area contributed by atoms with Crippen LogP contribution in [0.5, 0.6) is 0 Å². The van der Waals surface area contributed by atoms with Gasteiger partial charge in [-0.1, -0.05) is 36.9 Å². The third-order valence-electron chi connectivity index (χ3n) is 2.15. The van der Waals surface area contributed by atoms with Gasteiger partial charge in [0.2, 0.25) is 0 Å². The van der Waals surface area contributed by atoms with E-state index in [-0.39, 0.29) is 5.73 Å². The molecular formula is C12H18O2Si. The maximum Gasteiger partial charge on any atom is 0.189 e. The number of hydrogen-bond acceptors (Lipinski definition) is 2. The summed E-state index contributed by atoms with van der Waals surface area (Å²) >= 11 is 0. The van der Waals surface area contributed by atoms with Gasteiger partial charge in [0, 0.05) is 7.11 Å². The van der Waals surface area contributed by atoms with E-state index in [1.165, 1.54) is 5.56 Å². The summed E-state index contributed by atoms with van der Waals surface area (Å²) < 4.78 is 10.8. The van der Waals surface area contributed by atoms with Crippen molar-refractivity contribution in [3.8, 4) is 0 Å². The fraction of sp³-hybridized carbons (Fsp3) is 0.333. The van der Waals surface area contributed by atoms with Gasteiger partial charge in [0.05, 0.1) is 12.3 Å². The first-order chi connectivity index (χ1) is 7.26. The van der Waals surface area contributed by atoms with Crippen molar-refractivity contribution in [3.63, 3.8) is 0 Å². The van der Waals surface area contributed by atoms with Crippen LogP contribution in [0.2, 0.25) is 0 Å². The molecule has 0 aliphatic heterocycles. The van der Waals surface area contributed by atoms with E-state index >= 15 is 0 Å². The lowest BCUT2D eigenvalue weighted by molar-refractivity contribution is 0.0937. The molecule has 2 nitrogen and oxygen atoms in total. The molecule has 82 valence electrons. The molecule has 0 bridgehead atoms. The first kappa shape index (κ1) is 12.2. The fourth-order valence-corrected chi connectivity index (χ4v) is 1.95. The van der Waals surface area contributed by atoms with E-state index in [4.69, 9.17) is 9.16 Å². The molecule has 1 aromatic carbocycles. The second kappa shape index (κ2) is 6.56. The maximum atomic E-state index is 5.65. The van der Waals surface area contributed by atoms with Crippen LogP contribution in [-0.4, -0.2) is 22.6 Å². The van der Waals surface area contributed by atoms with Gasteiger partial charge in [-0.25, -0.2) is 0 Å². The molecule has 1 unspecified atom stereocenters. The molecule has 0 heterocycles. The van der Waals surface area contributed by atoms with Crippen LogP contribution in [0.15, 0.2) is 30.8 Å². The zero-order chi connectivity index (χ0) is 11.1. The highest BCUT2D eigenvalue weighted by atomic mass is 28.2. The van der Waals surface area contributed by atoms with Gasteiger partial charge in [0.15, 0.2) is 9.76 Å². The lowest BCUT2D eigenvalue weighted by Gasteiger charge is -2.11. The maximum absolute atomic E-state index is 5.65. The molecule has 3 heteroatoms. The third kappa shape index (κ3) is 4.42. The molecule has 0 fully saturated rings. The SMILES string of the molecule is C=Cc1ccc(COC(C)[SiH2]OC)cc1. The van der Waals surface area contributed by atoms with Gasteiger partial charge in [-0.15, -0.1) is 0 Å². The van der Waals surface area contributed by atoms with Gasteiger partial charge in [-0.2, -0.15) is 0 Å². The number of hydrogen-bond donors (Lipinski definition) is 0. The first-order valence-corrected chi connectivity index (χ1v) is 6.47. The molecule has 0 N–H and O–H groups in total. The van der Waals surface area contributed by atoms with Crippen LogP contribution < -0.4 is 0 Å². The van der Waals surface area contributed by atoms with Crippen molar-refractivity contribution in [3.05, 3.63) is 42.0 Å². The van der Waals surface area contributed by atoms with E-state index in [2.05, 4.69) is 25.6 Å². The lowest BCUT2D eigenvalue weighted by Crippen LogP contribution is -2.18. The highest BCUT2D eigenvalue weighted by molar-refractivity contribution is 6.28. The lowest BCUT2D eigenvalue weighted by atomic mass is 10.1. The Balaban J connectivity index is 2.40. The van der Waals surface area contributed by atoms with Crippen molar-refractivity contribution in [1.82, 2.24) is 0 Å². The standard InChI is InChI=1S/C12H18O2Si/c1-4-11-5-7-12(8-6-11)9-14-10(2)15-13-3/h4-8,10H,1,9,15H2,2-3H3. The van der Waals surface area contributed by atoms with Gasteiger partial charge in [0.1, 0.15) is 0 Å². The van der Waals surface area contributed by atoms with Crippen LogP contribution in [0.1, 0.15) is 18.1 Å². The second-order valence-corrected chi connectivity index (χ2v) is 5.58. The van der Waals surface area contributed by atoms with E-state index in [1.54, 1.807) is 7.11 Å². The Morgan fingerprint density at radius 2 is 2.07 bits per heavy atom. The molecule has 0 radical (unpaired) electrons. The average molecular weight is 222 g/mol. The summed E-state index contributed by atoms with van der Waals surface area (Å²) in [7, 11) is 1.22. The van der Waals surface area contributed by atoms with Gasteiger partial charge in [-0.3, -0.25) is 0 Å². The normalized spacial score (nSPS) is 13.2. The van der Waals surface area contributed by atoms with Crippen LogP contribution in [0, 0.1) is 0 Å². The van der Waals surface area contributed by atoms with Gasteiger partial charge >= 0.3 is 0 Å². The van der Waals surface area contributed by atoms with Crippen LogP contribution in [0.25, 0.3) is 6.08 Å². The summed E-state index contributed by atoms with van der Waals surface area (Å²) in [5, 5.41) is 0.